The Balaban J connectivity index is 2.21. The normalized spacial score (nSPS) is 31.0. The lowest BCUT2D eigenvalue weighted by atomic mass is 9.63. The van der Waals surface area contributed by atoms with E-state index in [1.807, 2.05) is 13.8 Å². The number of ether oxygens (including phenoxy) is 1. The molecule has 0 bridgehead atoms. The van der Waals surface area contributed by atoms with Gasteiger partial charge in [0.05, 0.1) is 10.6 Å². The van der Waals surface area contributed by atoms with E-state index in [1.54, 1.807) is 0 Å². The summed E-state index contributed by atoms with van der Waals surface area (Å²) in [6.45, 7) is 3.86. The first-order valence-corrected chi connectivity index (χ1v) is 6.67. The van der Waals surface area contributed by atoms with Crippen molar-refractivity contribution in [1.29, 1.82) is 0 Å². The summed E-state index contributed by atoms with van der Waals surface area (Å²) in [6.07, 6.45) is 0.510. The van der Waals surface area contributed by atoms with Gasteiger partial charge >= 0.3 is 0 Å². The van der Waals surface area contributed by atoms with Gasteiger partial charge in [-0.2, -0.15) is 0 Å². The Morgan fingerprint density at radius 2 is 2.17 bits per heavy atom. The third-order valence-corrected chi connectivity index (χ3v) is 4.51. The van der Waals surface area contributed by atoms with Gasteiger partial charge in [-0.15, -0.1) is 0 Å². The summed E-state index contributed by atoms with van der Waals surface area (Å²) in [4.78, 5) is 0. The maximum absolute atomic E-state index is 13.6. The van der Waals surface area contributed by atoms with E-state index in [1.165, 1.54) is 0 Å². The largest absolute Gasteiger partial charge is 0.485 e. The number of hydrogen-bond donors (Lipinski definition) is 1. The van der Waals surface area contributed by atoms with Crippen molar-refractivity contribution < 1.29 is 18.6 Å². The standard InChI is InChI=1S/C13H15BrF2O2/c1-3-13(2)10(17)6-11(13)18-12-8(14)4-7(15)5-9(12)16/h4-5,10-11,17H,3,6H2,1-2H3. The Morgan fingerprint density at radius 3 is 2.67 bits per heavy atom. The highest BCUT2D eigenvalue weighted by Crippen LogP contribution is 2.47. The molecule has 0 heterocycles. The molecule has 2 rings (SSSR count). The fourth-order valence-electron chi connectivity index (χ4n) is 2.23. The van der Waals surface area contributed by atoms with E-state index in [4.69, 9.17) is 4.74 Å². The second-order valence-electron chi connectivity index (χ2n) is 4.92. The van der Waals surface area contributed by atoms with Crippen LogP contribution in [0.3, 0.4) is 0 Å². The fourth-order valence-corrected chi connectivity index (χ4v) is 2.73. The highest BCUT2D eigenvalue weighted by molar-refractivity contribution is 9.10. The Kier molecular flexibility index (Phi) is 3.65. The van der Waals surface area contributed by atoms with Crippen molar-refractivity contribution in [3.8, 4) is 5.75 Å². The van der Waals surface area contributed by atoms with Crippen molar-refractivity contribution in [3.05, 3.63) is 28.2 Å². The predicted octanol–water partition coefficient (Wildman–Crippen LogP) is 3.66. The molecule has 1 aliphatic rings. The van der Waals surface area contributed by atoms with Gasteiger partial charge in [-0.1, -0.05) is 13.8 Å². The van der Waals surface area contributed by atoms with Crippen LogP contribution in [0.1, 0.15) is 26.7 Å². The van der Waals surface area contributed by atoms with Crippen LogP contribution in [0, 0.1) is 17.0 Å². The van der Waals surface area contributed by atoms with E-state index in [2.05, 4.69) is 15.9 Å². The van der Waals surface area contributed by atoms with Gasteiger partial charge in [0, 0.05) is 17.9 Å². The van der Waals surface area contributed by atoms with Crippen LogP contribution in [0.15, 0.2) is 16.6 Å². The molecule has 2 nitrogen and oxygen atoms in total. The van der Waals surface area contributed by atoms with Crippen LogP contribution >= 0.6 is 15.9 Å². The number of aliphatic hydroxyl groups is 1. The minimum Gasteiger partial charge on any atom is -0.485 e. The first-order chi connectivity index (χ1) is 8.38. The van der Waals surface area contributed by atoms with Gasteiger partial charge in [0.1, 0.15) is 11.9 Å². The summed E-state index contributed by atoms with van der Waals surface area (Å²) in [6, 6.07) is 1.95. The predicted molar refractivity (Wildman–Crippen MR) is 67.5 cm³/mol. The van der Waals surface area contributed by atoms with E-state index < -0.39 is 17.7 Å². The van der Waals surface area contributed by atoms with Gasteiger partial charge in [0.15, 0.2) is 11.6 Å². The van der Waals surface area contributed by atoms with Crippen LogP contribution in [0.25, 0.3) is 0 Å². The maximum Gasteiger partial charge on any atom is 0.169 e. The number of aliphatic hydroxyl groups excluding tert-OH is 1. The summed E-state index contributed by atoms with van der Waals surface area (Å²) in [7, 11) is 0. The molecule has 0 aromatic heterocycles. The van der Waals surface area contributed by atoms with Gasteiger partial charge in [0.25, 0.3) is 0 Å². The Labute approximate surface area is 113 Å². The van der Waals surface area contributed by atoms with Gasteiger partial charge < -0.3 is 9.84 Å². The lowest BCUT2D eigenvalue weighted by molar-refractivity contribution is -0.148. The molecule has 5 heteroatoms. The van der Waals surface area contributed by atoms with Crippen LogP contribution in [-0.4, -0.2) is 17.3 Å². The van der Waals surface area contributed by atoms with Crippen LogP contribution < -0.4 is 4.74 Å². The molecule has 3 atom stereocenters. The molecule has 3 unspecified atom stereocenters. The molecule has 0 saturated heterocycles. The smallest absolute Gasteiger partial charge is 0.169 e. The van der Waals surface area contributed by atoms with Crippen molar-refractivity contribution in [2.24, 2.45) is 5.41 Å². The molecule has 0 spiro atoms. The molecular weight excluding hydrogens is 306 g/mol. The monoisotopic (exact) mass is 320 g/mol. The molecular formula is C13H15BrF2O2. The van der Waals surface area contributed by atoms with Gasteiger partial charge in [-0.3, -0.25) is 0 Å². The van der Waals surface area contributed by atoms with Gasteiger partial charge in [-0.05, 0) is 28.4 Å². The number of hydrogen-bond acceptors (Lipinski definition) is 2. The molecule has 1 saturated carbocycles. The summed E-state index contributed by atoms with van der Waals surface area (Å²) in [5.41, 5.74) is -0.375. The van der Waals surface area contributed by atoms with E-state index in [-0.39, 0.29) is 21.7 Å². The first-order valence-electron chi connectivity index (χ1n) is 5.87. The molecule has 1 fully saturated rings. The van der Waals surface area contributed by atoms with Crippen LogP contribution in [0.5, 0.6) is 5.75 Å². The lowest BCUT2D eigenvalue weighted by Gasteiger charge is -2.50. The fraction of sp³-hybridized carbons (Fsp3) is 0.538. The average Bonchev–Trinajstić information content (AvgIpc) is 2.30. The van der Waals surface area contributed by atoms with Gasteiger partial charge in [-0.25, -0.2) is 8.78 Å². The second-order valence-corrected chi connectivity index (χ2v) is 5.77. The Morgan fingerprint density at radius 1 is 1.50 bits per heavy atom. The zero-order chi connectivity index (χ0) is 13.5. The van der Waals surface area contributed by atoms with Gasteiger partial charge in [0.2, 0.25) is 0 Å². The zero-order valence-electron chi connectivity index (χ0n) is 10.2. The number of halogens is 3. The number of benzene rings is 1. The minimum atomic E-state index is -0.735. The molecule has 0 radical (unpaired) electrons. The quantitative estimate of drug-likeness (QED) is 0.921. The summed E-state index contributed by atoms with van der Waals surface area (Å²) in [5, 5.41) is 9.75. The number of rotatable bonds is 3. The highest BCUT2D eigenvalue weighted by Gasteiger charge is 2.51. The summed E-state index contributed by atoms with van der Waals surface area (Å²) < 4.78 is 32.4. The second kappa shape index (κ2) is 4.78. The van der Waals surface area contributed by atoms with E-state index >= 15 is 0 Å². The van der Waals surface area contributed by atoms with Crippen LogP contribution in [0.2, 0.25) is 0 Å². The Hall–Kier alpha value is -0.680. The average molecular weight is 321 g/mol. The molecule has 18 heavy (non-hydrogen) atoms. The summed E-state index contributed by atoms with van der Waals surface area (Å²) in [5.74, 6) is -1.38. The maximum atomic E-state index is 13.6. The lowest BCUT2D eigenvalue weighted by Crippen LogP contribution is -2.57. The van der Waals surface area contributed by atoms with Crippen LogP contribution in [-0.2, 0) is 0 Å². The molecule has 1 aliphatic carbocycles. The SMILES string of the molecule is CCC1(C)C(O)CC1Oc1c(F)cc(F)cc1Br. The third kappa shape index (κ3) is 2.14. The third-order valence-electron chi connectivity index (χ3n) is 3.92. The van der Waals surface area contributed by atoms with Crippen molar-refractivity contribution in [2.75, 3.05) is 0 Å². The molecule has 1 N–H and O–H groups in total. The first kappa shape index (κ1) is 13.7. The highest BCUT2D eigenvalue weighted by atomic mass is 79.9. The van der Waals surface area contributed by atoms with E-state index in [0.29, 0.717) is 6.42 Å². The summed E-state index contributed by atoms with van der Waals surface area (Å²) >= 11 is 3.09. The van der Waals surface area contributed by atoms with E-state index in [0.717, 1.165) is 18.6 Å². The zero-order valence-corrected chi connectivity index (χ0v) is 11.8. The van der Waals surface area contributed by atoms with Crippen molar-refractivity contribution >= 4 is 15.9 Å². The topological polar surface area (TPSA) is 29.5 Å². The molecule has 0 aliphatic heterocycles. The molecule has 1 aromatic carbocycles. The molecule has 100 valence electrons. The van der Waals surface area contributed by atoms with Crippen molar-refractivity contribution in [1.82, 2.24) is 0 Å². The minimum absolute atomic E-state index is 0.00738. The Bertz CT molecular complexity index is 443. The molecule has 0 amide bonds. The van der Waals surface area contributed by atoms with Crippen molar-refractivity contribution in [2.45, 2.75) is 38.9 Å². The molecule has 1 aromatic rings. The van der Waals surface area contributed by atoms with Crippen LogP contribution in [0.4, 0.5) is 8.78 Å². The van der Waals surface area contributed by atoms with Crippen molar-refractivity contribution in [3.63, 3.8) is 0 Å². The van der Waals surface area contributed by atoms with E-state index in [9.17, 15) is 13.9 Å².